The summed E-state index contributed by atoms with van der Waals surface area (Å²) in [6.07, 6.45) is 8.12. The van der Waals surface area contributed by atoms with E-state index in [0.717, 1.165) is 38.1 Å². The molecule has 5 fully saturated rings. The number of amides is 1. The van der Waals surface area contributed by atoms with Gasteiger partial charge in [0.25, 0.3) is 0 Å². The van der Waals surface area contributed by atoms with E-state index in [2.05, 4.69) is 26.1 Å². The molecule has 3 unspecified atom stereocenters. The molecule has 1 saturated heterocycles. The highest BCUT2D eigenvalue weighted by atomic mass is 16.7. The van der Waals surface area contributed by atoms with Crippen molar-refractivity contribution in [2.45, 2.75) is 78.4 Å². The van der Waals surface area contributed by atoms with Gasteiger partial charge < -0.3 is 14.8 Å². The van der Waals surface area contributed by atoms with Crippen LogP contribution in [-0.4, -0.2) is 31.5 Å². The summed E-state index contributed by atoms with van der Waals surface area (Å²) in [6, 6.07) is 0. The fourth-order valence-electron chi connectivity index (χ4n) is 7.54. The standard InChI is InChI=1S/C21H35NO3/c1-15(7-20(4)24-5-6-25-20)11-22-17(23)21-10-16-8-18(2,13-21)12-19(3,9-16)14-21/h15-16H,5-14H2,1-4H3,(H,22,23). The Morgan fingerprint density at radius 2 is 1.64 bits per heavy atom. The predicted octanol–water partition coefficient (Wildman–Crippen LogP) is 3.89. The summed E-state index contributed by atoms with van der Waals surface area (Å²) >= 11 is 0. The lowest BCUT2D eigenvalue weighted by Gasteiger charge is -2.64. The van der Waals surface area contributed by atoms with Crippen molar-refractivity contribution in [1.29, 1.82) is 0 Å². The van der Waals surface area contributed by atoms with Crippen LogP contribution >= 0.6 is 0 Å². The Morgan fingerprint density at radius 3 is 2.20 bits per heavy atom. The highest BCUT2D eigenvalue weighted by molar-refractivity contribution is 5.83. The first-order chi connectivity index (χ1) is 11.6. The van der Waals surface area contributed by atoms with Gasteiger partial charge in [0.05, 0.1) is 18.6 Å². The van der Waals surface area contributed by atoms with Gasteiger partial charge in [-0.2, -0.15) is 0 Å². The van der Waals surface area contributed by atoms with Crippen LogP contribution in [0.1, 0.15) is 72.6 Å². The minimum Gasteiger partial charge on any atom is -0.355 e. The Labute approximate surface area is 152 Å². The van der Waals surface area contributed by atoms with Gasteiger partial charge in [-0.3, -0.25) is 4.79 Å². The van der Waals surface area contributed by atoms with E-state index in [-0.39, 0.29) is 5.41 Å². The first kappa shape index (κ1) is 17.8. The maximum absolute atomic E-state index is 13.2. The minimum absolute atomic E-state index is 0.104. The molecule has 4 heteroatoms. The lowest BCUT2D eigenvalue weighted by Crippen LogP contribution is -2.60. The van der Waals surface area contributed by atoms with Crippen molar-refractivity contribution in [3.63, 3.8) is 0 Å². The van der Waals surface area contributed by atoms with Crippen LogP contribution in [0.4, 0.5) is 0 Å². The predicted molar refractivity (Wildman–Crippen MR) is 96.9 cm³/mol. The minimum atomic E-state index is -0.466. The molecule has 0 aromatic rings. The average molecular weight is 350 g/mol. The van der Waals surface area contributed by atoms with Crippen molar-refractivity contribution in [3.05, 3.63) is 0 Å². The van der Waals surface area contributed by atoms with Crippen LogP contribution in [0.3, 0.4) is 0 Å². The molecule has 4 aliphatic carbocycles. The molecule has 1 amide bonds. The monoisotopic (exact) mass is 349 g/mol. The maximum Gasteiger partial charge on any atom is 0.226 e. The quantitative estimate of drug-likeness (QED) is 0.819. The summed E-state index contributed by atoms with van der Waals surface area (Å²) in [5, 5.41) is 3.32. The molecular formula is C21H35NO3. The number of carbonyl (C=O) groups excluding carboxylic acids is 1. The normalized spacial score (nSPS) is 45.5. The van der Waals surface area contributed by atoms with Crippen molar-refractivity contribution in [1.82, 2.24) is 5.32 Å². The third kappa shape index (κ3) is 3.25. The van der Waals surface area contributed by atoms with Gasteiger partial charge in [0.2, 0.25) is 5.91 Å². The van der Waals surface area contributed by atoms with Crippen molar-refractivity contribution in [2.75, 3.05) is 19.8 Å². The summed E-state index contributed by atoms with van der Waals surface area (Å²) in [6.45, 7) is 11.1. The Bertz CT molecular complexity index is 535. The Hall–Kier alpha value is -0.610. The van der Waals surface area contributed by atoms with Crippen molar-refractivity contribution in [3.8, 4) is 0 Å². The molecule has 4 nitrogen and oxygen atoms in total. The Balaban J connectivity index is 1.38. The zero-order valence-corrected chi connectivity index (χ0v) is 16.5. The fraction of sp³-hybridized carbons (Fsp3) is 0.952. The molecule has 25 heavy (non-hydrogen) atoms. The highest BCUT2D eigenvalue weighted by Gasteiger charge is 2.62. The Kier molecular flexibility index (Phi) is 4.05. The molecule has 3 atom stereocenters. The summed E-state index contributed by atoms with van der Waals surface area (Å²) in [4.78, 5) is 13.2. The topological polar surface area (TPSA) is 47.6 Å². The number of hydrogen-bond donors (Lipinski definition) is 1. The maximum atomic E-state index is 13.2. The van der Waals surface area contributed by atoms with Crippen LogP contribution < -0.4 is 5.32 Å². The van der Waals surface area contributed by atoms with Gasteiger partial charge in [-0.1, -0.05) is 20.8 Å². The van der Waals surface area contributed by atoms with Crippen molar-refractivity contribution in [2.24, 2.45) is 28.1 Å². The second kappa shape index (κ2) is 5.69. The molecule has 4 saturated carbocycles. The van der Waals surface area contributed by atoms with Gasteiger partial charge in [0, 0.05) is 13.0 Å². The molecule has 5 aliphatic rings. The van der Waals surface area contributed by atoms with E-state index in [1.807, 2.05) is 6.92 Å². The van der Waals surface area contributed by atoms with E-state index in [0.29, 0.717) is 35.9 Å². The van der Waals surface area contributed by atoms with E-state index in [4.69, 9.17) is 9.47 Å². The van der Waals surface area contributed by atoms with E-state index in [1.165, 1.54) is 19.3 Å². The number of hydrogen-bond acceptors (Lipinski definition) is 3. The SMILES string of the molecule is CC(CNC(=O)C12CC3CC(C)(CC(C)(C3)C1)C2)CC1(C)OCCO1. The van der Waals surface area contributed by atoms with Crippen LogP contribution in [0.15, 0.2) is 0 Å². The van der Waals surface area contributed by atoms with Gasteiger partial charge in [-0.05, 0) is 68.1 Å². The van der Waals surface area contributed by atoms with Crippen molar-refractivity contribution >= 4 is 5.91 Å². The molecule has 1 heterocycles. The smallest absolute Gasteiger partial charge is 0.226 e. The first-order valence-corrected chi connectivity index (χ1v) is 10.2. The van der Waals surface area contributed by atoms with Crippen LogP contribution in [0.2, 0.25) is 0 Å². The van der Waals surface area contributed by atoms with E-state index >= 15 is 0 Å². The third-order valence-corrected chi connectivity index (χ3v) is 7.34. The Morgan fingerprint density at radius 1 is 1.04 bits per heavy atom. The van der Waals surface area contributed by atoms with E-state index in [9.17, 15) is 4.79 Å². The molecule has 1 N–H and O–H groups in total. The first-order valence-electron chi connectivity index (χ1n) is 10.2. The number of nitrogens with one attached hydrogen (secondary N) is 1. The van der Waals surface area contributed by atoms with Crippen LogP contribution in [0.5, 0.6) is 0 Å². The fourth-order valence-corrected chi connectivity index (χ4v) is 7.54. The molecule has 0 aromatic carbocycles. The molecule has 1 aliphatic heterocycles. The molecule has 5 rings (SSSR count). The van der Waals surface area contributed by atoms with Gasteiger partial charge in [-0.25, -0.2) is 0 Å². The van der Waals surface area contributed by atoms with Gasteiger partial charge >= 0.3 is 0 Å². The van der Waals surface area contributed by atoms with E-state index in [1.54, 1.807) is 0 Å². The molecule has 0 spiro atoms. The third-order valence-electron chi connectivity index (χ3n) is 7.34. The van der Waals surface area contributed by atoms with Crippen LogP contribution in [-0.2, 0) is 14.3 Å². The average Bonchev–Trinajstić information content (AvgIpc) is 2.87. The second-order valence-electron chi connectivity index (χ2n) is 10.8. The van der Waals surface area contributed by atoms with Crippen LogP contribution in [0.25, 0.3) is 0 Å². The summed E-state index contributed by atoms with van der Waals surface area (Å²) in [5.41, 5.74) is 0.666. The van der Waals surface area contributed by atoms with Gasteiger partial charge in [0.1, 0.15) is 0 Å². The van der Waals surface area contributed by atoms with Gasteiger partial charge in [-0.15, -0.1) is 0 Å². The van der Waals surface area contributed by atoms with Crippen LogP contribution in [0, 0.1) is 28.1 Å². The molecule has 4 bridgehead atoms. The molecule has 142 valence electrons. The van der Waals surface area contributed by atoms with Crippen molar-refractivity contribution < 1.29 is 14.3 Å². The highest BCUT2D eigenvalue weighted by Crippen LogP contribution is 2.69. The number of carbonyl (C=O) groups is 1. The number of rotatable bonds is 5. The molecular weight excluding hydrogens is 314 g/mol. The van der Waals surface area contributed by atoms with Gasteiger partial charge in [0.15, 0.2) is 5.79 Å². The number of ether oxygens (including phenoxy) is 2. The summed E-state index contributed by atoms with van der Waals surface area (Å²) < 4.78 is 11.4. The zero-order chi connectivity index (χ0) is 17.9. The molecule has 0 radical (unpaired) electrons. The lowest BCUT2D eigenvalue weighted by molar-refractivity contribution is -0.171. The summed E-state index contributed by atoms with van der Waals surface area (Å²) in [5.74, 6) is 0.964. The zero-order valence-electron chi connectivity index (χ0n) is 16.5. The largest absolute Gasteiger partial charge is 0.355 e. The molecule has 0 aromatic heterocycles. The van der Waals surface area contributed by atoms with E-state index < -0.39 is 5.79 Å². The lowest BCUT2D eigenvalue weighted by atomic mass is 9.40. The summed E-state index contributed by atoms with van der Waals surface area (Å²) in [7, 11) is 0. The second-order valence-corrected chi connectivity index (χ2v) is 10.8.